The number of nitrogens with zero attached hydrogens (tertiary/aromatic N) is 3. The minimum atomic E-state index is -4.41. The first-order valence-corrected chi connectivity index (χ1v) is 10.5. The Labute approximate surface area is 188 Å². The van der Waals surface area contributed by atoms with E-state index >= 15 is 0 Å². The maximum absolute atomic E-state index is 12.7. The highest BCUT2D eigenvalue weighted by molar-refractivity contribution is 6.32. The quantitative estimate of drug-likeness (QED) is 0.631. The Kier molecular flexibility index (Phi) is 6.45. The summed E-state index contributed by atoms with van der Waals surface area (Å²) in [6.45, 7) is 2.91. The summed E-state index contributed by atoms with van der Waals surface area (Å²) in [6.07, 6.45) is 0.330. The molecular formula is C22H21ClF3N3O3. The van der Waals surface area contributed by atoms with Gasteiger partial charge in [0.1, 0.15) is 5.82 Å². The Hall–Kier alpha value is -2.94. The fraction of sp³-hybridized carbons (Fsp3) is 0.364. The topological polar surface area (TPSA) is 54.9 Å². The molecule has 32 heavy (non-hydrogen) atoms. The van der Waals surface area contributed by atoms with Crippen LogP contribution in [0.5, 0.6) is 11.5 Å². The predicted molar refractivity (Wildman–Crippen MR) is 114 cm³/mol. The van der Waals surface area contributed by atoms with Crippen molar-refractivity contribution in [1.29, 1.82) is 0 Å². The molecule has 0 atom stereocenters. The molecule has 1 aromatic heterocycles. The van der Waals surface area contributed by atoms with Crippen molar-refractivity contribution in [3.05, 3.63) is 52.7 Å². The van der Waals surface area contributed by atoms with Crippen LogP contribution in [0.15, 0.2) is 36.5 Å². The molecule has 3 heterocycles. The molecule has 2 aliphatic rings. The summed E-state index contributed by atoms with van der Waals surface area (Å²) in [4.78, 5) is 20.0. The molecule has 0 saturated carbocycles. The molecule has 0 N–H and O–H groups in total. The molecule has 0 aliphatic carbocycles. The number of halogens is 4. The van der Waals surface area contributed by atoms with Gasteiger partial charge in [-0.25, -0.2) is 4.98 Å². The molecule has 1 fully saturated rings. The van der Waals surface area contributed by atoms with Gasteiger partial charge in [-0.3, -0.25) is 4.79 Å². The highest BCUT2D eigenvalue weighted by atomic mass is 35.5. The summed E-state index contributed by atoms with van der Waals surface area (Å²) in [5.41, 5.74) is -0.0599. The highest BCUT2D eigenvalue weighted by Gasteiger charge is 2.31. The van der Waals surface area contributed by atoms with Gasteiger partial charge >= 0.3 is 6.18 Å². The van der Waals surface area contributed by atoms with Crippen LogP contribution in [0.2, 0.25) is 5.02 Å². The van der Waals surface area contributed by atoms with Gasteiger partial charge < -0.3 is 19.3 Å². The average molecular weight is 468 g/mol. The lowest BCUT2D eigenvalue weighted by Gasteiger charge is -2.35. The predicted octanol–water partition coefficient (Wildman–Crippen LogP) is 4.28. The number of amides is 1. The third kappa shape index (κ3) is 5.09. The van der Waals surface area contributed by atoms with Crippen LogP contribution < -0.4 is 14.4 Å². The number of hydrogen-bond donors (Lipinski definition) is 0. The van der Waals surface area contributed by atoms with Crippen molar-refractivity contribution < 1.29 is 27.4 Å². The zero-order chi connectivity index (χ0) is 22.7. The molecule has 170 valence electrons. The van der Waals surface area contributed by atoms with Crippen LogP contribution in [0.25, 0.3) is 6.08 Å². The normalized spacial score (nSPS) is 16.9. The Morgan fingerprint density at radius 2 is 1.84 bits per heavy atom. The van der Waals surface area contributed by atoms with Gasteiger partial charge in [-0.05, 0) is 35.9 Å². The average Bonchev–Trinajstić information content (AvgIpc) is 3.03. The molecule has 2 aromatic rings. The van der Waals surface area contributed by atoms with Gasteiger partial charge in [-0.1, -0.05) is 11.6 Å². The van der Waals surface area contributed by atoms with Gasteiger partial charge in [0.25, 0.3) is 0 Å². The number of ether oxygens (including phenoxy) is 2. The van der Waals surface area contributed by atoms with Crippen molar-refractivity contribution in [1.82, 2.24) is 9.88 Å². The zero-order valence-corrected chi connectivity index (χ0v) is 17.8. The van der Waals surface area contributed by atoms with Crippen LogP contribution in [0.3, 0.4) is 0 Å². The fourth-order valence-electron chi connectivity index (χ4n) is 3.52. The van der Waals surface area contributed by atoms with E-state index in [1.165, 1.54) is 12.1 Å². The Bertz CT molecular complexity index is 1000. The van der Waals surface area contributed by atoms with Crippen molar-refractivity contribution in [3.63, 3.8) is 0 Å². The summed E-state index contributed by atoms with van der Waals surface area (Å²) < 4.78 is 49.4. The van der Waals surface area contributed by atoms with E-state index in [2.05, 4.69) is 4.98 Å². The molecule has 1 amide bonds. The summed E-state index contributed by atoms with van der Waals surface area (Å²) >= 11 is 6.28. The molecule has 0 radical (unpaired) electrons. The Morgan fingerprint density at radius 1 is 1.09 bits per heavy atom. The SMILES string of the molecule is O=C(C=Cc1cc(Cl)c2c(c1)OCCCO2)N1CCN(c2ccc(C(F)(F)F)cn2)CC1. The smallest absolute Gasteiger partial charge is 0.417 e. The van der Waals surface area contributed by atoms with Crippen molar-refractivity contribution >= 4 is 29.4 Å². The van der Waals surface area contributed by atoms with Crippen molar-refractivity contribution in [2.24, 2.45) is 0 Å². The zero-order valence-electron chi connectivity index (χ0n) is 17.1. The molecule has 1 saturated heterocycles. The van der Waals surface area contributed by atoms with E-state index in [4.69, 9.17) is 21.1 Å². The van der Waals surface area contributed by atoms with Crippen LogP contribution in [0.1, 0.15) is 17.5 Å². The summed E-state index contributed by atoms with van der Waals surface area (Å²) in [5, 5.41) is 0.425. The maximum Gasteiger partial charge on any atom is 0.417 e. The van der Waals surface area contributed by atoms with E-state index in [-0.39, 0.29) is 5.91 Å². The van der Waals surface area contributed by atoms with Gasteiger partial charge in [0.2, 0.25) is 5.91 Å². The molecule has 0 unspecified atom stereocenters. The van der Waals surface area contributed by atoms with Crippen molar-refractivity contribution in [2.45, 2.75) is 12.6 Å². The second-order valence-corrected chi connectivity index (χ2v) is 7.84. The van der Waals surface area contributed by atoms with E-state index in [1.807, 2.05) is 4.90 Å². The molecule has 10 heteroatoms. The number of alkyl halides is 3. The van der Waals surface area contributed by atoms with Crippen molar-refractivity contribution in [3.8, 4) is 11.5 Å². The number of anilines is 1. The maximum atomic E-state index is 12.7. The second-order valence-electron chi connectivity index (χ2n) is 7.43. The molecule has 2 aliphatic heterocycles. The first kappa shape index (κ1) is 22.3. The van der Waals surface area contributed by atoms with E-state index in [0.717, 1.165) is 24.2 Å². The molecule has 6 nitrogen and oxygen atoms in total. The third-order valence-electron chi connectivity index (χ3n) is 5.23. The number of piperazine rings is 1. The van der Waals surface area contributed by atoms with Gasteiger partial charge in [-0.2, -0.15) is 13.2 Å². The lowest BCUT2D eigenvalue weighted by Crippen LogP contribution is -2.48. The number of carbonyl (C=O) groups excluding carboxylic acids is 1. The third-order valence-corrected chi connectivity index (χ3v) is 5.51. The number of hydrogen-bond acceptors (Lipinski definition) is 5. The molecule has 0 spiro atoms. The highest BCUT2D eigenvalue weighted by Crippen LogP contribution is 2.38. The van der Waals surface area contributed by atoms with E-state index < -0.39 is 11.7 Å². The first-order valence-electron chi connectivity index (χ1n) is 10.2. The molecular weight excluding hydrogens is 447 g/mol. The van der Waals surface area contributed by atoms with Crippen LogP contribution in [-0.2, 0) is 11.0 Å². The number of fused-ring (bicyclic) bond motifs is 1. The summed E-state index contributed by atoms with van der Waals surface area (Å²) in [6, 6.07) is 5.87. The van der Waals surface area contributed by atoms with E-state index in [0.29, 0.717) is 61.7 Å². The van der Waals surface area contributed by atoms with Gasteiger partial charge in [0.05, 0.1) is 23.8 Å². The summed E-state index contributed by atoms with van der Waals surface area (Å²) in [7, 11) is 0. The van der Waals surface area contributed by atoms with Crippen molar-refractivity contribution in [2.75, 3.05) is 44.3 Å². The van der Waals surface area contributed by atoms with Crippen LogP contribution in [0, 0.1) is 0 Å². The van der Waals surface area contributed by atoms with Crippen LogP contribution in [-0.4, -0.2) is 55.2 Å². The fourth-order valence-corrected chi connectivity index (χ4v) is 3.79. The largest absolute Gasteiger partial charge is 0.489 e. The lowest BCUT2D eigenvalue weighted by atomic mass is 10.1. The van der Waals surface area contributed by atoms with Gasteiger partial charge in [-0.15, -0.1) is 0 Å². The van der Waals surface area contributed by atoms with Gasteiger partial charge in [0.15, 0.2) is 11.5 Å². The Balaban J connectivity index is 1.35. The van der Waals surface area contributed by atoms with Crippen LogP contribution in [0.4, 0.5) is 19.0 Å². The van der Waals surface area contributed by atoms with E-state index in [9.17, 15) is 18.0 Å². The number of benzene rings is 1. The lowest BCUT2D eigenvalue weighted by molar-refractivity contribution is -0.137. The standard InChI is InChI=1S/C22H21ClF3N3O3/c23-17-12-15(13-18-21(17)32-11-1-10-31-18)2-5-20(30)29-8-6-28(7-9-29)19-4-3-16(14-27-19)22(24,25)26/h2-5,12-14H,1,6-11H2. The monoisotopic (exact) mass is 467 g/mol. The van der Waals surface area contributed by atoms with Crippen LogP contribution >= 0.6 is 11.6 Å². The number of pyridine rings is 1. The molecule has 4 rings (SSSR count). The number of rotatable bonds is 3. The summed E-state index contributed by atoms with van der Waals surface area (Å²) in [5.74, 6) is 1.37. The van der Waals surface area contributed by atoms with Gasteiger partial charge in [0, 0.05) is 44.9 Å². The number of aromatic nitrogens is 1. The first-order chi connectivity index (χ1) is 15.3. The minimum absolute atomic E-state index is 0.159. The number of carbonyl (C=O) groups is 1. The van der Waals surface area contributed by atoms with E-state index in [1.54, 1.807) is 23.1 Å². The molecule has 1 aromatic carbocycles. The second kappa shape index (κ2) is 9.28. The molecule has 0 bridgehead atoms. The minimum Gasteiger partial charge on any atom is -0.489 e. The Morgan fingerprint density at radius 3 is 2.53 bits per heavy atom.